The van der Waals surface area contributed by atoms with Crippen LogP contribution < -0.4 is 4.74 Å². The van der Waals surface area contributed by atoms with Gasteiger partial charge in [0.25, 0.3) is 0 Å². The predicted molar refractivity (Wildman–Crippen MR) is 53.0 cm³/mol. The van der Waals surface area contributed by atoms with Crippen molar-refractivity contribution in [3.8, 4) is 5.75 Å². The minimum Gasteiger partial charge on any atom is -0.427 e. The van der Waals surface area contributed by atoms with Crippen molar-refractivity contribution in [2.75, 3.05) is 0 Å². The summed E-state index contributed by atoms with van der Waals surface area (Å²) in [5.41, 5.74) is -0.0808. The highest BCUT2D eigenvalue weighted by molar-refractivity contribution is 5.69. The van der Waals surface area contributed by atoms with Crippen LogP contribution in [0.4, 0.5) is 0 Å². The largest absolute Gasteiger partial charge is 0.427 e. The maximum absolute atomic E-state index is 10.6. The zero-order valence-electron chi connectivity index (χ0n) is 8.57. The molecule has 76 valence electrons. The Balaban J connectivity index is 2.84. The average Bonchev–Trinajstić information content (AvgIpc) is 2.02. The van der Waals surface area contributed by atoms with E-state index in [0.29, 0.717) is 5.75 Å². The van der Waals surface area contributed by atoms with Gasteiger partial charge in [0.2, 0.25) is 0 Å². The van der Waals surface area contributed by atoms with Crippen LogP contribution in [0.1, 0.15) is 26.3 Å². The monoisotopic (exact) mass is 194 g/mol. The molecule has 1 rings (SSSR count). The molecule has 3 heteroatoms. The molecule has 0 aliphatic rings. The van der Waals surface area contributed by atoms with Crippen LogP contribution in [0.25, 0.3) is 0 Å². The van der Waals surface area contributed by atoms with E-state index in [1.165, 1.54) is 6.92 Å². The Bertz CT molecular complexity index is 319. The zero-order chi connectivity index (χ0) is 10.8. The fraction of sp³-hybridized carbons (Fsp3) is 0.364. The van der Waals surface area contributed by atoms with E-state index in [-0.39, 0.29) is 5.97 Å². The zero-order valence-corrected chi connectivity index (χ0v) is 8.57. The van der Waals surface area contributed by atoms with Crippen LogP contribution in [0, 0.1) is 0 Å². The number of ether oxygens (including phenoxy) is 1. The smallest absolute Gasteiger partial charge is 0.308 e. The molecule has 14 heavy (non-hydrogen) atoms. The third kappa shape index (κ3) is 2.85. The topological polar surface area (TPSA) is 46.5 Å². The molecule has 1 N–H and O–H groups in total. The number of esters is 1. The Labute approximate surface area is 83.3 Å². The number of hydrogen-bond donors (Lipinski definition) is 1. The van der Waals surface area contributed by atoms with Gasteiger partial charge in [-0.25, -0.2) is 0 Å². The first-order valence-electron chi connectivity index (χ1n) is 4.41. The first kappa shape index (κ1) is 10.7. The summed E-state index contributed by atoms with van der Waals surface area (Å²) in [6.45, 7) is 4.76. The van der Waals surface area contributed by atoms with E-state index in [1.807, 2.05) is 0 Å². The molecule has 0 bridgehead atoms. The lowest BCUT2D eigenvalue weighted by atomic mass is 9.99. The fourth-order valence-corrected chi connectivity index (χ4v) is 1.10. The Kier molecular flexibility index (Phi) is 2.91. The molecule has 0 aliphatic heterocycles. The van der Waals surface area contributed by atoms with Gasteiger partial charge in [0.1, 0.15) is 5.75 Å². The Hall–Kier alpha value is -1.35. The van der Waals surface area contributed by atoms with Gasteiger partial charge in [-0.05, 0) is 31.5 Å². The molecule has 0 amide bonds. The van der Waals surface area contributed by atoms with E-state index < -0.39 is 5.60 Å². The first-order valence-corrected chi connectivity index (χ1v) is 4.41. The van der Waals surface area contributed by atoms with Crippen molar-refractivity contribution in [2.45, 2.75) is 26.4 Å². The maximum Gasteiger partial charge on any atom is 0.308 e. The molecule has 0 aliphatic carbocycles. The lowest BCUT2D eigenvalue weighted by Gasteiger charge is -2.17. The molecular formula is C11H14O3. The SMILES string of the molecule is CC(=O)Oc1ccc(C(C)(C)O)cc1. The molecular weight excluding hydrogens is 180 g/mol. The summed E-state index contributed by atoms with van der Waals surface area (Å²) < 4.78 is 4.86. The summed E-state index contributed by atoms with van der Waals surface area (Å²) in [5, 5.41) is 9.65. The van der Waals surface area contributed by atoms with Crippen LogP contribution in [-0.4, -0.2) is 11.1 Å². The second-order valence-electron chi connectivity index (χ2n) is 3.68. The highest BCUT2D eigenvalue weighted by atomic mass is 16.5. The van der Waals surface area contributed by atoms with Gasteiger partial charge in [0, 0.05) is 6.92 Å². The molecule has 0 spiro atoms. The minimum absolute atomic E-state index is 0.346. The summed E-state index contributed by atoms with van der Waals surface area (Å²) in [5.74, 6) is 0.145. The van der Waals surface area contributed by atoms with Gasteiger partial charge < -0.3 is 9.84 Å². The van der Waals surface area contributed by atoms with Gasteiger partial charge in [0.15, 0.2) is 0 Å². The summed E-state index contributed by atoms with van der Waals surface area (Å²) in [4.78, 5) is 10.6. The molecule has 1 aromatic rings. The molecule has 3 nitrogen and oxygen atoms in total. The van der Waals surface area contributed by atoms with E-state index in [1.54, 1.807) is 38.1 Å². The third-order valence-electron chi connectivity index (χ3n) is 1.82. The van der Waals surface area contributed by atoms with E-state index in [2.05, 4.69) is 0 Å². The Morgan fingerprint density at radius 2 is 1.79 bits per heavy atom. The van der Waals surface area contributed by atoms with Crippen LogP contribution in [0.3, 0.4) is 0 Å². The molecule has 0 fully saturated rings. The molecule has 0 atom stereocenters. The first-order chi connectivity index (χ1) is 6.39. The van der Waals surface area contributed by atoms with Gasteiger partial charge in [0.05, 0.1) is 5.60 Å². The lowest BCUT2D eigenvalue weighted by Crippen LogP contribution is -2.15. The van der Waals surface area contributed by atoms with Crippen molar-refractivity contribution in [3.05, 3.63) is 29.8 Å². The number of carbonyl (C=O) groups is 1. The van der Waals surface area contributed by atoms with E-state index in [9.17, 15) is 9.90 Å². The van der Waals surface area contributed by atoms with Crippen LogP contribution in [0.15, 0.2) is 24.3 Å². The normalized spacial score (nSPS) is 11.1. The van der Waals surface area contributed by atoms with Crippen molar-refractivity contribution in [2.24, 2.45) is 0 Å². The number of rotatable bonds is 2. The van der Waals surface area contributed by atoms with Crippen molar-refractivity contribution < 1.29 is 14.6 Å². The predicted octanol–water partition coefficient (Wildman–Crippen LogP) is 1.84. The quantitative estimate of drug-likeness (QED) is 0.577. The minimum atomic E-state index is -0.866. The molecule has 0 heterocycles. The van der Waals surface area contributed by atoms with Gasteiger partial charge in [-0.2, -0.15) is 0 Å². The Morgan fingerprint density at radius 1 is 1.29 bits per heavy atom. The van der Waals surface area contributed by atoms with Crippen molar-refractivity contribution in [1.82, 2.24) is 0 Å². The lowest BCUT2D eigenvalue weighted by molar-refractivity contribution is -0.131. The van der Waals surface area contributed by atoms with Gasteiger partial charge in [-0.1, -0.05) is 12.1 Å². The van der Waals surface area contributed by atoms with E-state index in [4.69, 9.17) is 4.74 Å². The second-order valence-corrected chi connectivity index (χ2v) is 3.68. The summed E-state index contributed by atoms with van der Waals surface area (Å²) in [7, 11) is 0. The van der Waals surface area contributed by atoms with Gasteiger partial charge >= 0.3 is 5.97 Å². The van der Waals surface area contributed by atoms with Crippen LogP contribution >= 0.6 is 0 Å². The third-order valence-corrected chi connectivity index (χ3v) is 1.82. The molecule has 0 radical (unpaired) electrons. The highest BCUT2D eigenvalue weighted by Gasteiger charge is 2.15. The summed E-state index contributed by atoms with van der Waals surface area (Å²) in [6.07, 6.45) is 0. The maximum atomic E-state index is 10.6. The molecule has 0 aromatic heterocycles. The van der Waals surface area contributed by atoms with Crippen molar-refractivity contribution >= 4 is 5.97 Å². The highest BCUT2D eigenvalue weighted by Crippen LogP contribution is 2.22. The number of carbonyl (C=O) groups excluding carboxylic acids is 1. The van der Waals surface area contributed by atoms with Crippen molar-refractivity contribution in [3.63, 3.8) is 0 Å². The second kappa shape index (κ2) is 3.80. The molecule has 0 unspecified atom stereocenters. The molecule has 1 aromatic carbocycles. The standard InChI is InChI=1S/C11H14O3/c1-8(12)14-10-6-4-9(5-7-10)11(2,3)13/h4-7,13H,1-3H3. The molecule has 0 saturated heterocycles. The molecule has 0 saturated carbocycles. The Morgan fingerprint density at radius 3 is 2.14 bits per heavy atom. The van der Waals surface area contributed by atoms with E-state index in [0.717, 1.165) is 5.56 Å². The van der Waals surface area contributed by atoms with Gasteiger partial charge in [-0.15, -0.1) is 0 Å². The van der Waals surface area contributed by atoms with Gasteiger partial charge in [-0.3, -0.25) is 4.79 Å². The number of aliphatic hydroxyl groups is 1. The number of benzene rings is 1. The van der Waals surface area contributed by atoms with E-state index >= 15 is 0 Å². The van der Waals surface area contributed by atoms with Crippen LogP contribution in [0.5, 0.6) is 5.75 Å². The average molecular weight is 194 g/mol. The van der Waals surface area contributed by atoms with Crippen LogP contribution in [-0.2, 0) is 10.4 Å². The summed E-state index contributed by atoms with van der Waals surface area (Å²) >= 11 is 0. The van der Waals surface area contributed by atoms with Crippen LogP contribution in [0.2, 0.25) is 0 Å². The fourth-order valence-electron chi connectivity index (χ4n) is 1.10. The number of hydrogen-bond acceptors (Lipinski definition) is 3. The summed E-state index contributed by atoms with van der Waals surface area (Å²) in [6, 6.07) is 6.79. The van der Waals surface area contributed by atoms with Crippen molar-refractivity contribution in [1.29, 1.82) is 0 Å².